The van der Waals surface area contributed by atoms with Crippen molar-refractivity contribution in [2.45, 2.75) is 25.7 Å². The lowest BCUT2D eigenvalue weighted by Crippen LogP contribution is -3.15. The molecule has 2 aromatic rings. The van der Waals surface area contributed by atoms with E-state index in [1.165, 1.54) is 4.31 Å². The number of nitrogens with one attached hydrogen (secondary N) is 2. The molecule has 0 aliphatic carbocycles. The first-order chi connectivity index (χ1) is 13.3. The molecule has 7 heteroatoms. The van der Waals surface area contributed by atoms with Gasteiger partial charge in [0.1, 0.15) is 0 Å². The molecule has 1 amide bonds. The van der Waals surface area contributed by atoms with E-state index in [-0.39, 0.29) is 5.91 Å². The maximum absolute atomic E-state index is 13.0. The maximum Gasteiger partial charge on any atom is 0.279 e. The Bertz CT molecular complexity index is 965. The quantitative estimate of drug-likeness (QED) is 0.788. The Kier molecular flexibility index (Phi) is 6.17. The summed E-state index contributed by atoms with van der Waals surface area (Å²) in [5.41, 5.74) is 3.54. The number of rotatable bonds is 5. The SMILES string of the molecule is Cc1ccc(C)c(S(=O)(=O)N2CC[NH+](CC(=O)Nc3ccccc3C)CC2)c1. The van der Waals surface area contributed by atoms with E-state index < -0.39 is 10.0 Å². The van der Waals surface area contributed by atoms with E-state index in [4.69, 9.17) is 0 Å². The van der Waals surface area contributed by atoms with Crippen LogP contribution in [0.25, 0.3) is 0 Å². The average Bonchev–Trinajstić information content (AvgIpc) is 2.66. The van der Waals surface area contributed by atoms with Crippen LogP contribution in [-0.4, -0.2) is 51.4 Å². The van der Waals surface area contributed by atoms with Crippen molar-refractivity contribution in [2.75, 3.05) is 38.0 Å². The molecule has 0 aromatic heterocycles. The summed E-state index contributed by atoms with van der Waals surface area (Å²) in [5, 5.41) is 2.95. The van der Waals surface area contributed by atoms with Crippen molar-refractivity contribution >= 4 is 21.6 Å². The molecule has 1 fully saturated rings. The molecule has 1 saturated heterocycles. The highest BCUT2D eigenvalue weighted by molar-refractivity contribution is 7.89. The number of sulfonamides is 1. The number of benzene rings is 2. The minimum Gasteiger partial charge on any atom is -0.325 e. The van der Waals surface area contributed by atoms with Gasteiger partial charge in [0.2, 0.25) is 10.0 Å². The van der Waals surface area contributed by atoms with Crippen LogP contribution in [0.4, 0.5) is 5.69 Å². The lowest BCUT2D eigenvalue weighted by molar-refractivity contribution is -0.895. The van der Waals surface area contributed by atoms with Gasteiger partial charge < -0.3 is 10.2 Å². The fourth-order valence-corrected chi connectivity index (χ4v) is 5.23. The van der Waals surface area contributed by atoms with Crippen molar-refractivity contribution in [3.63, 3.8) is 0 Å². The molecular weight excluding hydrogens is 374 g/mol. The van der Waals surface area contributed by atoms with Gasteiger partial charge in [0.05, 0.1) is 31.1 Å². The fourth-order valence-electron chi connectivity index (χ4n) is 3.48. The third-order valence-corrected chi connectivity index (χ3v) is 7.26. The Hall–Kier alpha value is -2.22. The van der Waals surface area contributed by atoms with Crippen LogP contribution in [-0.2, 0) is 14.8 Å². The zero-order chi connectivity index (χ0) is 20.3. The van der Waals surface area contributed by atoms with Crippen LogP contribution in [0.3, 0.4) is 0 Å². The zero-order valence-corrected chi connectivity index (χ0v) is 17.5. The summed E-state index contributed by atoms with van der Waals surface area (Å²) in [6, 6.07) is 13.2. The first kappa shape index (κ1) is 20.5. The average molecular weight is 403 g/mol. The second-order valence-corrected chi connectivity index (χ2v) is 9.37. The molecule has 1 aliphatic rings. The third kappa shape index (κ3) is 4.60. The van der Waals surface area contributed by atoms with Gasteiger partial charge in [-0.3, -0.25) is 4.79 Å². The lowest BCUT2D eigenvalue weighted by atomic mass is 10.2. The Morgan fingerprint density at radius 3 is 2.39 bits per heavy atom. The van der Waals surface area contributed by atoms with Crippen molar-refractivity contribution in [3.8, 4) is 0 Å². The van der Waals surface area contributed by atoms with Gasteiger partial charge in [-0.15, -0.1) is 0 Å². The van der Waals surface area contributed by atoms with Crippen LogP contribution in [0.5, 0.6) is 0 Å². The predicted octanol–water partition coefficient (Wildman–Crippen LogP) is 1.14. The van der Waals surface area contributed by atoms with Gasteiger partial charge in [0.15, 0.2) is 6.54 Å². The molecule has 6 nitrogen and oxygen atoms in total. The van der Waals surface area contributed by atoms with E-state index >= 15 is 0 Å². The summed E-state index contributed by atoms with van der Waals surface area (Å²) in [6.45, 7) is 8.09. The summed E-state index contributed by atoms with van der Waals surface area (Å²) in [4.78, 5) is 13.8. The van der Waals surface area contributed by atoms with Gasteiger partial charge in [-0.25, -0.2) is 8.42 Å². The van der Waals surface area contributed by atoms with Gasteiger partial charge in [0, 0.05) is 5.69 Å². The Morgan fingerprint density at radius 1 is 1.04 bits per heavy atom. The highest BCUT2D eigenvalue weighted by Gasteiger charge is 2.32. The Labute approximate surface area is 167 Å². The molecule has 0 unspecified atom stereocenters. The number of carbonyl (C=O) groups excluding carboxylic acids is 1. The number of amides is 1. The molecule has 1 aliphatic heterocycles. The standard InChI is InChI=1S/C21H27N3O3S/c1-16-8-9-18(3)20(14-16)28(26,27)24-12-10-23(11-13-24)15-21(25)22-19-7-5-4-6-17(19)2/h4-9,14H,10-13,15H2,1-3H3,(H,22,25)/p+1. The Morgan fingerprint density at radius 2 is 1.71 bits per heavy atom. The fraction of sp³-hybridized carbons (Fsp3) is 0.381. The van der Waals surface area contributed by atoms with Crippen molar-refractivity contribution in [1.82, 2.24) is 4.31 Å². The van der Waals surface area contributed by atoms with E-state index in [9.17, 15) is 13.2 Å². The molecule has 0 atom stereocenters. The summed E-state index contributed by atoms with van der Waals surface area (Å²) in [7, 11) is -3.50. The third-order valence-electron chi connectivity index (χ3n) is 5.22. The molecule has 3 rings (SSSR count). The zero-order valence-electron chi connectivity index (χ0n) is 16.7. The molecule has 28 heavy (non-hydrogen) atoms. The van der Waals surface area contributed by atoms with Crippen LogP contribution < -0.4 is 10.2 Å². The first-order valence-corrected chi connectivity index (χ1v) is 11.0. The van der Waals surface area contributed by atoms with Gasteiger partial charge in [-0.1, -0.05) is 30.3 Å². The molecule has 2 aromatic carbocycles. The summed E-state index contributed by atoms with van der Waals surface area (Å²) < 4.78 is 27.5. The number of nitrogens with zero attached hydrogens (tertiary/aromatic N) is 1. The second kappa shape index (κ2) is 8.43. The molecule has 0 radical (unpaired) electrons. The molecule has 2 N–H and O–H groups in total. The molecule has 1 heterocycles. The topological polar surface area (TPSA) is 70.9 Å². The number of aryl methyl sites for hydroxylation is 3. The number of hydrogen-bond donors (Lipinski definition) is 2. The highest BCUT2D eigenvalue weighted by Crippen LogP contribution is 2.21. The van der Waals surface area contributed by atoms with Crippen LogP contribution in [0.2, 0.25) is 0 Å². The maximum atomic E-state index is 13.0. The minimum absolute atomic E-state index is 0.0462. The lowest BCUT2D eigenvalue weighted by Gasteiger charge is -2.31. The van der Waals surface area contributed by atoms with Gasteiger partial charge in [0.25, 0.3) is 5.91 Å². The summed E-state index contributed by atoms with van der Waals surface area (Å²) >= 11 is 0. The van der Waals surface area contributed by atoms with Crippen LogP contribution in [0.15, 0.2) is 47.4 Å². The molecule has 0 saturated carbocycles. The number of piperazine rings is 1. The molecule has 0 spiro atoms. The van der Waals surface area contributed by atoms with Crippen molar-refractivity contribution < 1.29 is 18.1 Å². The number of para-hydroxylation sites is 1. The van der Waals surface area contributed by atoms with Gasteiger partial charge in [-0.05, 0) is 49.6 Å². The molecule has 0 bridgehead atoms. The predicted molar refractivity (Wildman–Crippen MR) is 110 cm³/mol. The number of carbonyl (C=O) groups is 1. The normalized spacial score (nSPS) is 16.1. The number of anilines is 1. The van der Waals surface area contributed by atoms with Gasteiger partial charge in [-0.2, -0.15) is 4.31 Å². The van der Waals surface area contributed by atoms with Gasteiger partial charge >= 0.3 is 0 Å². The molecular formula is C21H28N3O3S+. The van der Waals surface area contributed by atoms with E-state index in [0.29, 0.717) is 37.6 Å². The monoisotopic (exact) mass is 402 g/mol. The molecule has 150 valence electrons. The second-order valence-electron chi connectivity index (χ2n) is 7.46. The summed E-state index contributed by atoms with van der Waals surface area (Å²) in [6.07, 6.45) is 0. The van der Waals surface area contributed by atoms with E-state index in [2.05, 4.69) is 5.32 Å². The number of quaternary nitrogens is 1. The van der Waals surface area contributed by atoms with Crippen LogP contribution in [0.1, 0.15) is 16.7 Å². The minimum atomic E-state index is -3.50. The van der Waals surface area contributed by atoms with Crippen molar-refractivity contribution in [3.05, 3.63) is 59.2 Å². The van der Waals surface area contributed by atoms with Crippen LogP contribution >= 0.6 is 0 Å². The Balaban J connectivity index is 1.59. The van der Waals surface area contributed by atoms with Crippen molar-refractivity contribution in [2.24, 2.45) is 0 Å². The largest absolute Gasteiger partial charge is 0.325 e. The summed E-state index contributed by atoms with van der Waals surface area (Å²) in [5.74, 6) is -0.0462. The van der Waals surface area contributed by atoms with Crippen molar-refractivity contribution in [1.29, 1.82) is 0 Å². The van der Waals surface area contributed by atoms with Crippen LogP contribution in [0, 0.1) is 20.8 Å². The number of hydrogen-bond acceptors (Lipinski definition) is 3. The first-order valence-electron chi connectivity index (χ1n) is 9.54. The smallest absolute Gasteiger partial charge is 0.279 e. The van der Waals surface area contributed by atoms with E-state index in [1.54, 1.807) is 6.07 Å². The van der Waals surface area contributed by atoms with E-state index in [1.807, 2.05) is 57.2 Å². The van der Waals surface area contributed by atoms with E-state index in [0.717, 1.165) is 27.3 Å². The highest BCUT2D eigenvalue weighted by atomic mass is 32.2.